The Balaban J connectivity index is 1.59. The summed E-state index contributed by atoms with van der Waals surface area (Å²) in [5.41, 5.74) is 3.81. The summed E-state index contributed by atoms with van der Waals surface area (Å²) in [6, 6.07) is 15.8. The van der Waals surface area contributed by atoms with Gasteiger partial charge < -0.3 is 10.3 Å². The van der Waals surface area contributed by atoms with E-state index in [0.29, 0.717) is 5.56 Å². The minimum atomic E-state index is -0.205. The van der Waals surface area contributed by atoms with E-state index in [0.717, 1.165) is 24.2 Å². The van der Waals surface area contributed by atoms with E-state index in [4.69, 9.17) is 0 Å². The van der Waals surface area contributed by atoms with Gasteiger partial charge >= 0.3 is 0 Å². The van der Waals surface area contributed by atoms with Crippen LogP contribution in [0, 0.1) is 6.92 Å². The number of nitrogens with zero attached hydrogens (tertiary/aromatic N) is 1. The van der Waals surface area contributed by atoms with Crippen molar-refractivity contribution in [2.45, 2.75) is 25.3 Å². The molecule has 2 aromatic carbocycles. The fourth-order valence-electron chi connectivity index (χ4n) is 3.22. The molecule has 1 heterocycles. The summed E-state index contributed by atoms with van der Waals surface area (Å²) in [7, 11) is 0. The van der Waals surface area contributed by atoms with Crippen LogP contribution in [-0.2, 0) is 5.54 Å². The third kappa shape index (κ3) is 2.60. The van der Waals surface area contributed by atoms with Crippen molar-refractivity contribution in [3.8, 4) is 11.4 Å². The summed E-state index contributed by atoms with van der Waals surface area (Å²) in [5.74, 6) is 0.730. The lowest BCUT2D eigenvalue weighted by molar-refractivity contribution is 0.0931. The van der Waals surface area contributed by atoms with Gasteiger partial charge in [0.2, 0.25) is 0 Å². The molecular formula is C20H19N3O. The lowest BCUT2D eigenvalue weighted by Gasteiger charge is -2.20. The number of carbonyl (C=O) groups excluding carboxylic acids is 1. The fraction of sp³-hybridized carbons (Fsp3) is 0.200. The zero-order chi connectivity index (χ0) is 16.6. The summed E-state index contributed by atoms with van der Waals surface area (Å²) in [6.07, 6.45) is 5.46. The molecule has 4 heteroatoms. The number of hydrogen-bond donors (Lipinski definition) is 2. The highest BCUT2D eigenvalue weighted by molar-refractivity contribution is 5.96. The van der Waals surface area contributed by atoms with Gasteiger partial charge in [-0.25, -0.2) is 4.98 Å². The molecule has 4 nitrogen and oxygen atoms in total. The van der Waals surface area contributed by atoms with E-state index >= 15 is 0 Å². The minimum absolute atomic E-state index is 0.0378. The lowest BCUT2D eigenvalue weighted by Crippen LogP contribution is -2.35. The van der Waals surface area contributed by atoms with Crippen LogP contribution in [0.1, 0.15) is 34.3 Å². The SMILES string of the molecule is Cc1ccccc1C1(NC(=O)c2cccc(-c3ncc[nH]3)c2)CC1. The van der Waals surface area contributed by atoms with Crippen LogP contribution in [0.25, 0.3) is 11.4 Å². The van der Waals surface area contributed by atoms with E-state index in [-0.39, 0.29) is 11.4 Å². The topological polar surface area (TPSA) is 57.8 Å². The van der Waals surface area contributed by atoms with Crippen molar-refractivity contribution < 1.29 is 4.79 Å². The number of amides is 1. The first-order chi connectivity index (χ1) is 11.7. The summed E-state index contributed by atoms with van der Waals surface area (Å²) in [5, 5.41) is 3.24. The highest BCUT2D eigenvalue weighted by Gasteiger charge is 2.46. The maximum absolute atomic E-state index is 12.8. The summed E-state index contributed by atoms with van der Waals surface area (Å²) in [6.45, 7) is 2.10. The molecular weight excluding hydrogens is 298 g/mol. The zero-order valence-corrected chi connectivity index (χ0v) is 13.5. The maximum Gasteiger partial charge on any atom is 0.251 e. The van der Waals surface area contributed by atoms with Gasteiger partial charge in [-0.1, -0.05) is 36.4 Å². The van der Waals surface area contributed by atoms with E-state index < -0.39 is 0 Å². The number of aromatic amines is 1. The van der Waals surface area contributed by atoms with Crippen LogP contribution in [-0.4, -0.2) is 15.9 Å². The van der Waals surface area contributed by atoms with Crippen LogP contribution in [0.2, 0.25) is 0 Å². The van der Waals surface area contributed by atoms with E-state index in [1.807, 2.05) is 36.4 Å². The standard InChI is InChI=1S/C20H19N3O/c1-14-5-2-3-8-17(14)20(9-10-20)23-19(24)16-7-4-6-15(13-16)18-21-11-12-22-18/h2-8,11-13H,9-10H2,1H3,(H,21,22)(H,23,24). The number of rotatable bonds is 4. The number of benzene rings is 2. The molecule has 3 aromatic rings. The monoisotopic (exact) mass is 317 g/mol. The van der Waals surface area contributed by atoms with E-state index in [2.05, 4.69) is 34.3 Å². The Labute approximate surface area is 141 Å². The number of nitrogens with one attached hydrogen (secondary N) is 2. The third-order valence-corrected chi connectivity index (χ3v) is 4.66. The predicted octanol–water partition coefficient (Wildman–Crippen LogP) is 3.80. The molecule has 1 fully saturated rings. The smallest absolute Gasteiger partial charge is 0.251 e. The molecule has 0 aliphatic heterocycles. The second kappa shape index (κ2) is 5.64. The van der Waals surface area contributed by atoms with Gasteiger partial charge in [0.25, 0.3) is 5.91 Å². The Kier molecular flexibility index (Phi) is 3.45. The average molecular weight is 317 g/mol. The minimum Gasteiger partial charge on any atom is -0.345 e. The number of aryl methyl sites for hydroxylation is 1. The second-order valence-corrected chi connectivity index (χ2v) is 6.37. The first kappa shape index (κ1) is 14.7. The zero-order valence-electron chi connectivity index (χ0n) is 13.5. The van der Waals surface area contributed by atoms with Crippen LogP contribution < -0.4 is 5.32 Å². The van der Waals surface area contributed by atoms with E-state index in [1.165, 1.54) is 11.1 Å². The Morgan fingerprint density at radius 2 is 2.00 bits per heavy atom. The third-order valence-electron chi connectivity index (χ3n) is 4.66. The molecule has 2 N–H and O–H groups in total. The van der Waals surface area contributed by atoms with Crippen molar-refractivity contribution in [2.24, 2.45) is 0 Å². The predicted molar refractivity (Wildman–Crippen MR) is 93.6 cm³/mol. The van der Waals surface area contributed by atoms with Gasteiger partial charge in [-0.3, -0.25) is 4.79 Å². The molecule has 1 aliphatic rings. The molecule has 1 amide bonds. The van der Waals surface area contributed by atoms with E-state index in [9.17, 15) is 4.79 Å². The quantitative estimate of drug-likeness (QED) is 0.769. The van der Waals surface area contributed by atoms with Crippen LogP contribution in [0.4, 0.5) is 0 Å². The molecule has 0 unspecified atom stereocenters. The number of imidazole rings is 1. The molecule has 0 saturated heterocycles. The van der Waals surface area contributed by atoms with Gasteiger partial charge in [-0.15, -0.1) is 0 Å². The summed E-state index contributed by atoms with van der Waals surface area (Å²) < 4.78 is 0. The maximum atomic E-state index is 12.8. The van der Waals surface area contributed by atoms with Crippen LogP contribution in [0.3, 0.4) is 0 Å². The van der Waals surface area contributed by atoms with Crippen molar-refractivity contribution in [3.05, 3.63) is 77.6 Å². The van der Waals surface area contributed by atoms with Crippen molar-refractivity contribution >= 4 is 5.91 Å². The normalized spacial score (nSPS) is 15.0. The average Bonchev–Trinajstić information content (AvgIpc) is 3.17. The molecule has 24 heavy (non-hydrogen) atoms. The fourth-order valence-corrected chi connectivity index (χ4v) is 3.22. The van der Waals surface area contributed by atoms with Crippen LogP contribution in [0.15, 0.2) is 60.9 Å². The van der Waals surface area contributed by atoms with Gasteiger partial charge in [0.1, 0.15) is 5.82 Å². The number of carbonyl (C=O) groups is 1. The first-order valence-electron chi connectivity index (χ1n) is 8.16. The van der Waals surface area contributed by atoms with Gasteiger partial charge in [-0.05, 0) is 43.0 Å². The Hall–Kier alpha value is -2.88. The number of hydrogen-bond acceptors (Lipinski definition) is 2. The summed E-state index contributed by atoms with van der Waals surface area (Å²) >= 11 is 0. The van der Waals surface area contributed by atoms with Crippen LogP contribution in [0.5, 0.6) is 0 Å². The Bertz CT molecular complexity index is 879. The van der Waals surface area contributed by atoms with Crippen molar-refractivity contribution in [1.82, 2.24) is 15.3 Å². The highest BCUT2D eigenvalue weighted by atomic mass is 16.1. The van der Waals surface area contributed by atoms with Crippen LogP contribution >= 0.6 is 0 Å². The van der Waals surface area contributed by atoms with Crippen molar-refractivity contribution in [1.29, 1.82) is 0 Å². The van der Waals surface area contributed by atoms with Gasteiger partial charge in [-0.2, -0.15) is 0 Å². The molecule has 1 aromatic heterocycles. The van der Waals surface area contributed by atoms with E-state index in [1.54, 1.807) is 12.4 Å². The Morgan fingerprint density at radius 3 is 2.71 bits per heavy atom. The Morgan fingerprint density at radius 1 is 1.17 bits per heavy atom. The lowest BCUT2D eigenvalue weighted by atomic mass is 9.98. The molecule has 4 rings (SSSR count). The molecule has 120 valence electrons. The molecule has 0 radical (unpaired) electrons. The molecule has 1 saturated carbocycles. The van der Waals surface area contributed by atoms with Gasteiger partial charge in [0, 0.05) is 23.5 Å². The second-order valence-electron chi connectivity index (χ2n) is 6.37. The number of H-pyrrole nitrogens is 1. The number of aromatic nitrogens is 2. The van der Waals surface area contributed by atoms with Gasteiger partial charge in [0.05, 0.1) is 5.54 Å². The first-order valence-corrected chi connectivity index (χ1v) is 8.16. The largest absolute Gasteiger partial charge is 0.345 e. The molecule has 1 aliphatic carbocycles. The van der Waals surface area contributed by atoms with Crippen molar-refractivity contribution in [3.63, 3.8) is 0 Å². The van der Waals surface area contributed by atoms with Gasteiger partial charge in [0.15, 0.2) is 0 Å². The highest BCUT2D eigenvalue weighted by Crippen LogP contribution is 2.46. The molecule has 0 atom stereocenters. The summed E-state index contributed by atoms with van der Waals surface area (Å²) in [4.78, 5) is 20.1. The van der Waals surface area contributed by atoms with Crippen molar-refractivity contribution in [2.75, 3.05) is 0 Å². The molecule has 0 spiro atoms. The molecule has 0 bridgehead atoms.